The smallest absolute Gasteiger partial charge is 0.338 e. The van der Waals surface area contributed by atoms with Crippen molar-refractivity contribution in [2.45, 2.75) is 46.6 Å². The van der Waals surface area contributed by atoms with E-state index < -0.39 is 18.0 Å². The molecule has 176 valence electrons. The first-order chi connectivity index (χ1) is 15.3. The molecule has 1 heterocycles. The Kier molecular flexibility index (Phi) is 9.49. The van der Waals surface area contributed by atoms with E-state index in [0.29, 0.717) is 43.8 Å². The van der Waals surface area contributed by atoms with Crippen molar-refractivity contribution in [3.63, 3.8) is 0 Å². The first kappa shape index (κ1) is 25.2. The third-order valence-corrected chi connectivity index (χ3v) is 5.30. The van der Waals surface area contributed by atoms with Crippen LogP contribution in [0.3, 0.4) is 0 Å². The number of hydrogen-bond donors (Lipinski definition) is 2. The predicted octanol–water partition coefficient (Wildman–Crippen LogP) is 2.81. The third-order valence-electron chi connectivity index (χ3n) is 5.30. The van der Waals surface area contributed by atoms with E-state index in [2.05, 4.69) is 10.6 Å². The number of urea groups is 1. The van der Waals surface area contributed by atoms with Gasteiger partial charge in [-0.25, -0.2) is 9.59 Å². The highest BCUT2D eigenvalue weighted by Gasteiger charge is 2.33. The highest BCUT2D eigenvalue weighted by molar-refractivity contribution is 5.95. The zero-order valence-corrected chi connectivity index (χ0v) is 19.2. The molecule has 9 heteroatoms. The quantitative estimate of drug-likeness (QED) is 0.593. The first-order valence-corrected chi connectivity index (χ1v) is 11.1. The molecule has 1 aliphatic heterocycles. The summed E-state index contributed by atoms with van der Waals surface area (Å²) in [5.74, 6) is -1.13. The largest absolute Gasteiger partial charge is 0.466 e. The second kappa shape index (κ2) is 12.1. The second-order valence-corrected chi connectivity index (χ2v) is 7.97. The highest BCUT2D eigenvalue weighted by Crippen LogP contribution is 2.20. The number of ether oxygens (including phenoxy) is 2. The summed E-state index contributed by atoms with van der Waals surface area (Å²) in [5.41, 5.74) is 0.875. The molecule has 2 N–H and O–H groups in total. The van der Waals surface area contributed by atoms with Gasteiger partial charge in [0.2, 0.25) is 5.91 Å². The summed E-state index contributed by atoms with van der Waals surface area (Å²) in [6, 6.07) is 5.10. The zero-order valence-electron chi connectivity index (χ0n) is 19.2. The number of nitrogens with zero attached hydrogens (tertiary/aromatic N) is 1. The summed E-state index contributed by atoms with van der Waals surface area (Å²) in [5, 5.41) is 5.43. The number of benzene rings is 1. The van der Waals surface area contributed by atoms with Gasteiger partial charge in [-0.1, -0.05) is 13.8 Å². The van der Waals surface area contributed by atoms with Gasteiger partial charge in [-0.15, -0.1) is 0 Å². The van der Waals surface area contributed by atoms with Gasteiger partial charge in [0, 0.05) is 18.8 Å². The van der Waals surface area contributed by atoms with Crippen LogP contribution in [-0.2, 0) is 19.1 Å². The first-order valence-electron chi connectivity index (χ1n) is 11.1. The molecular formula is C23H33N3O6. The molecule has 1 aromatic carbocycles. The van der Waals surface area contributed by atoms with Crippen LogP contribution < -0.4 is 10.6 Å². The molecule has 1 aliphatic rings. The van der Waals surface area contributed by atoms with E-state index in [1.165, 1.54) is 0 Å². The van der Waals surface area contributed by atoms with Crippen LogP contribution in [0.2, 0.25) is 0 Å². The molecule has 1 aromatic rings. The van der Waals surface area contributed by atoms with Gasteiger partial charge in [0.15, 0.2) is 0 Å². The molecular weight excluding hydrogens is 414 g/mol. The fourth-order valence-electron chi connectivity index (χ4n) is 3.52. The van der Waals surface area contributed by atoms with Gasteiger partial charge < -0.3 is 25.0 Å². The molecule has 32 heavy (non-hydrogen) atoms. The normalized spacial score (nSPS) is 15.1. The molecule has 1 atom stereocenters. The van der Waals surface area contributed by atoms with Crippen LogP contribution in [-0.4, -0.2) is 61.1 Å². The lowest BCUT2D eigenvalue weighted by atomic mass is 9.95. The maximum atomic E-state index is 13.0. The lowest BCUT2D eigenvalue weighted by molar-refractivity contribution is -0.151. The fourth-order valence-corrected chi connectivity index (χ4v) is 3.52. The monoisotopic (exact) mass is 447 g/mol. The molecule has 1 unspecified atom stereocenters. The minimum atomic E-state index is -0.701. The van der Waals surface area contributed by atoms with Crippen molar-refractivity contribution in [1.82, 2.24) is 10.2 Å². The average Bonchev–Trinajstić information content (AvgIpc) is 2.77. The van der Waals surface area contributed by atoms with Crippen molar-refractivity contribution in [1.29, 1.82) is 0 Å². The summed E-state index contributed by atoms with van der Waals surface area (Å²) in [6.45, 7) is 8.76. The minimum Gasteiger partial charge on any atom is -0.466 e. The summed E-state index contributed by atoms with van der Waals surface area (Å²) in [7, 11) is 0. The molecule has 3 amide bonds. The number of amides is 3. The number of carbonyl (C=O) groups excluding carboxylic acids is 4. The molecule has 0 radical (unpaired) electrons. The molecule has 0 aliphatic carbocycles. The van der Waals surface area contributed by atoms with Gasteiger partial charge in [0.05, 0.1) is 24.7 Å². The van der Waals surface area contributed by atoms with Gasteiger partial charge >= 0.3 is 18.0 Å². The fraction of sp³-hybridized carbons (Fsp3) is 0.565. The molecule has 0 bridgehead atoms. The van der Waals surface area contributed by atoms with Gasteiger partial charge in [-0.3, -0.25) is 9.59 Å². The Morgan fingerprint density at radius 3 is 2.12 bits per heavy atom. The van der Waals surface area contributed by atoms with Crippen LogP contribution in [0.4, 0.5) is 10.5 Å². The van der Waals surface area contributed by atoms with Crippen molar-refractivity contribution < 1.29 is 28.7 Å². The van der Waals surface area contributed by atoms with Crippen molar-refractivity contribution in [3.05, 3.63) is 29.8 Å². The van der Waals surface area contributed by atoms with Crippen LogP contribution in [0.1, 0.15) is 50.9 Å². The van der Waals surface area contributed by atoms with Gasteiger partial charge in [-0.05, 0) is 56.9 Å². The molecule has 1 saturated heterocycles. The predicted molar refractivity (Wildman–Crippen MR) is 119 cm³/mol. The Hall–Kier alpha value is -3.10. The Morgan fingerprint density at radius 1 is 1.00 bits per heavy atom. The van der Waals surface area contributed by atoms with Crippen molar-refractivity contribution in [2.24, 2.45) is 11.8 Å². The van der Waals surface area contributed by atoms with Crippen LogP contribution in [0.15, 0.2) is 24.3 Å². The topological polar surface area (TPSA) is 114 Å². The molecule has 0 saturated carbocycles. The number of likely N-dealkylation sites (tertiary alicyclic amines) is 1. The number of anilines is 1. The van der Waals surface area contributed by atoms with Crippen LogP contribution in [0.25, 0.3) is 0 Å². The number of hydrogen-bond acceptors (Lipinski definition) is 6. The number of esters is 2. The molecule has 0 spiro atoms. The summed E-state index contributed by atoms with van der Waals surface area (Å²) in [6.07, 6.45) is 1.10. The lowest BCUT2D eigenvalue weighted by Crippen LogP contribution is -2.54. The van der Waals surface area contributed by atoms with E-state index in [0.717, 1.165) is 0 Å². The van der Waals surface area contributed by atoms with Crippen LogP contribution >= 0.6 is 0 Å². The molecule has 9 nitrogen and oxygen atoms in total. The van der Waals surface area contributed by atoms with E-state index in [-0.39, 0.29) is 30.3 Å². The molecule has 1 fully saturated rings. The van der Waals surface area contributed by atoms with E-state index >= 15 is 0 Å². The maximum absolute atomic E-state index is 13.0. The van der Waals surface area contributed by atoms with E-state index in [1.807, 2.05) is 13.8 Å². The SMILES string of the molecule is CCOC(=O)c1ccc(NC(=O)NC(C(=O)N2CCC(C(=O)OCC)CC2)C(C)C)cc1. The van der Waals surface area contributed by atoms with Gasteiger partial charge in [-0.2, -0.15) is 0 Å². The molecule has 2 rings (SSSR count). The van der Waals surface area contributed by atoms with Crippen molar-refractivity contribution in [3.8, 4) is 0 Å². The maximum Gasteiger partial charge on any atom is 0.338 e. The number of carbonyl (C=O) groups is 4. The Balaban J connectivity index is 1.92. The number of rotatable bonds is 8. The van der Waals surface area contributed by atoms with Gasteiger partial charge in [0.25, 0.3) is 0 Å². The summed E-state index contributed by atoms with van der Waals surface area (Å²) in [4.78, 5) is 50.9. The summed E-state index contributed by atoms with van der Waals surface area (Å²) < 4.78 is 10.0. The Labute approximate surface area is 188 Å². The standard InChI is InChI=1S/C23H33N3O6/c1-5-31-21(28)16-7-9-18(10-8-16)24-23(30)25-19(15(3)4)20(27)26-13-11-17(12-14-26)22(29)32-6-2/h7-10,15,17,19H,5-6,11-14H2,1-4H3,(H2,24,25,30). The van der Waals surface area contributed by atoms with Gasteiger partial charge in [0.1, 0.15) is 6.04 Å². The average molecular weight is 448 g/mol. The highest BCUT2D eigenvalue weighted by atomic mass is 16.5. The van der Waals surface area contributed by atoms with Crippen molar-refractivity contribution >= 4 is 29.6 Å². The number of piperidine rings is 1. The Morgan fingerprint density at radius 2 is 1.59 bits per heavy atom. The zero-order chi connectivity index (χ0) is 23.7. The molecule has 0 aromatic heterocycles. The van der Waals surface area contributed by atoms with E-state index in [1.54, 1.807) is 43.0 Å². The number of nitrogens with one attached hydrogen (secondary N) is 2. The van der Waals surface area contributed by atoms with E-state index in [4.69, 9.17) is 9.47 Å². The minimum absolute atomic E-state index is 0.123. The van der Waals surface area contributed by atoms with E-state index in [9.17, 15) is 19.2 Å². The lowest BCUT2D eigenvalue weighted by Gasteiger charge is -2.34. The Bertz CT molecular complexity index is 800. The third kappa shape index (κ3) is 6.96. The second-order valence-electron chi connectivity index (χ2n) is 7.97. The summed E-state index contributed by atoms with van der Waals surface area (Å²) >= 11 is 0. The van der Waals surface area contributed by atoms with Crippen LogP contribution in [0.5, 0.6) is 0 Å². The van der Waals surface area contributed by atoms with Crippen molar-refractivity contribution in [2.75, 3.05) is 31.6 Å². The van der Waals surface area contributed by atoms with Crippen LogP contribution in [0, 0.1) is 11.8 Å².